The second kappa shape index (κ2) is 7.85. The lowest BCUT2D eigenvalue weighted by molar-refractivity contribution is -0.117. The van der Waals surface area contributed by atoms with Gasteiger partial charge in [0.1, 0.15) is 16.7 Å². The molecule has 7 nitrogen and oxygen atoms in total. The molecule has 0 spiro atoms. The molecule has 0 radical (unpaired) electrons. The summed E-state index contributed by atoms with van der Waals surface area (Å²) in [7, 11) is 0. The van der Waals surface area contributed by atoms with Gasteiger partial charge in [0.05, 0.1) is 23.8 Å². The van der Waals surface area contributed by atoms with Gasteiger partial charge < -0.3 is 10.6 Å². The molecule has 2 N–H and O–H groups in total. The molecule has 3 aliphatic rings. The highest BCUT2D eigenvalue weighted by molar-refractivity contribution is 6.33. The molecule has 160 valence electrons. The van der Waals surface area contributed by atoms with Gasteiger partial charge in [0, 0.05) is 6.04 Å². The summed E-state index contributed by atoms with van der Waals surface area (Å²) in [5.41, 5.74) is 0.890. The number of carbonyl (C=O) groups excluding carboxylic acids is 1. The van der Waals surface area contributed by atoms with Gasteiger partial charge in [-0.05, 0) is 48.1 Å². The largest absolute Gasteiger partial charge is 0.379 e. The molecule has 0 saturated heterocycles. The van der Waals surface area contributed by atoms with Crippen molar-refractivity contribution in [1.29, 1.82) is 0 Å². The van der Waals surface area contributed by atoms with E-state index < -0.39 is 11.5 Å². The minimum atomic E-state index is -0.500. The number of halogens is 2. The maximum absolute atomic E-state index is 12.6. The Hall–Kier alpha value is -2.12. The Morgan fingerprint density at radius 3 is 2.67 bits per heavy atom. The summed E-state index contributed by atoms with van der Waals surface area (Å²) in [6, 6.07) is 3.45. The zero-order chi connectivity index (χ0) is 21.6. The van der Waals surface area contributed by atoms with E-state index in [1.54, 1.807) is 12.1 Å². The minimum Gasteiger partial charge on any atom is -0.379 e. The van der Waals surface area contributed by atoms with Crippen molar-refractivity contribution in [1.82, 2.24) is 14.8 Å². The zero-order valence-electron chi connectivity index (χ0n) is 17.2. The van der Waals surface area contributed by atoms with E-state index in [4.69, 9.17) is 23.2 Å². The number of rotatable bonds is 5. The predicted octanol–water partition coefficient (Wildman–Crippen LogP) is 4.07. The molecule has 0 aromatic carbocycles. The van der Waals surface area contributed by atoms with Crippen LogP contribution in [0, 0.1) is 23.2 Å². The van der Waals surface area contributed by atoms with E-state index in [0.29, 0.717) is 39.7 Å². The minimum absolute atomic E-state index is 0.0525. The molecule has 9 heteroatoms. The Balaban J connectivity index is 1.43. The number of aromatic nitrogens is 3. The lowest BCUT2D eigenvalue weighted by Gasteiger charge is -2.62. The number of amides is 1. The Morgan fingerprint density at radius 2 is 2.03 bits per heavy atom. The van der Waals surface area contributed by atoms with Gasteiger partial charge in [-0.15, -0.1) is 0 Å². The van der Waals surface area contributed by atoms with Crippen molar-refractivity contribution >= 4 is 40.5 Å². The standard InChI is InChI=1S/C21H25Cl2N5O2/c1-11-14-6-12(21(14,2)3)7-15(11)27-16-9-25-28(20(30)19(16)23)10-18(29)26-13-4-5-17(22)24-8-13/h4-5,8-9,11-12,14-15,27H,6-7,10H2,1-3H3,(H,26,29)/t11-,12+,14-,15-/m1/s1. The molecular formula is C21H25Cl2N5O2. The fraction of sp³-hybridized carbons (Fsp3) is 0.524. The van der Waals surface area contributed by atoms with Crippen molar-refractivity contribution in [3.63, 3.8) is 0 Å². The highest BCUT2D eigenvalue weighted by atomic mass is 35.5. The number of fused-ring (bicyclic) bond motifs is 2. The molecule has 2 heterocycles. The van der Waals surface area contributed by atoms with E-state index in [0.717, 1.165) is 11.1 Å². The summed E-state index contributed by atoms with van der Waals surface area (Å²) < 4.78 is 1.05. The number of nitrogens with one attached hydrogen (secondary N) is 2. The van der Waals surface area contributed by atoms with E-state index in [1.807, 2.05) is 0 Å². The van der Waals surface area contributed by atoms with Gasteiger partial charge in [-0.1, -0.05) is 44.0 Å². The van der Waals surface area contributed by atoms with Crippen LogP contribution in [0.2, 0.25) is 10.2 Å². The summed E-state index contributed by atoms with van der Waals surface area (Å²) in [5, 5.41) is 10.6. The van der Waals surface area contributed by atoms with Crippen LogP contribution in [0.5, 0.6) is 0 Å². The van der Waals surface area contributed by atoms with E-state index >= 15 is 0 Å². The van der Waals surface area contributed by atoms with Crippen LogP contribution < -0.4 is 16.2 Å². The SMILES string of the molecule is C[C@@H]1[C@H]2C[C@@H](C[C@H]1Nc1cnn(CC(=O)Nc3ccc(Cl)nc3)c(=O)c1Cl)C2(C)C. The van der Waals surface area contributed by atoms with Crippen molar-refractivity contribution in [3.8, 4) is 0 Å². The summed E-state index contributed by atoms with van der Waals surface area (Å²) in [4.78, 5) is 28.8. The third kappa shape index (κ3) is 3.81. The van der Waals surface area contributed by atoms with E-state index in [-0.39, 0.29) is 17.6 Å². The van der Waals surface area contributed by atoms with Crippen molar-refractivity contribution < 1.29 is 4.79 Å². The normalized spacial score (nSPS) is 26.6. The van der Waals surface area contributed by atoms with E-state index in [2.05, 4.69) is 41.5 Å². The van der Waals surface area contributed by atoms with Crippen molar-refractivity contribution in [2.75, 3.05) is 10.6 Å². The molecule has 2 bridgehead atoms. The fourth-order valence-electron chi connectivity index (χ4n) is 5.00. The number of carbonyl (C=O) groups is 1. The third-order valence-electron chi connectivity index (χ3n) is 6.98. The maximum Gasteiger partial charge on any atom is 0.288 e. The zero-order valence-corrected chi connectivity index (χ0v) is 18.7. The summed E-state index contributed by atoms with van der Waals surface area (Å²) in [5.74, 6) is 1.44. The average Bonchev–Trinajstić information content (AvgIpc) is 2.70. The highest BCUT2D eigenvalue weighted by Gasteiger charge is 2.56. The molecule has 0 aliphatic heterocycles. The van der Waals surface area contributed by atoms with Crippen LogP contribution in [0.4, 0.5) is 11.4 Å². The fourth-order valence-corrected chi connectivity index (χ4v) is 5.32. The predicted molar refractivity (Wildman–Crippen MR) is 118 cm³/mol. The van der Waals surface area contributed by atoms with Gasteiger partial charge in [-0.25, -0.2) is 9.67 Å². The van der Waals surface area contributed by atoms with Crippen LogP contribution in [0.15, 0.2) is 29.3 Å². The highest BCUT2D eigenvalue weighted by Crippen LogP contribution is 2.61. The molecule has 30 heavy (non-hydrogen) atoms. The summed E-state index contributed by atoms with van der Waals surface area (Å²) >= 11 is 12.1. The maximum atomic E-state index is 12.6. The number of pyridine rings is 1. The second-order valence-electron chi connectivity index (χ2n) is 8.96. The van der Waals surface area contributed by atoms with Gasteiger partial charge in [-0.3, -0.25) is 9.59 Å². The average molecular weight is 450 g/mol. The van der Waals surface area contributed by atoms with Crippen molar-refractivity contribution in [2.45, 2.75) is 46.2 Å². The molecule has 0 unspecified atom stereocenters. The molecule has 3 fully saturated rings. The quantitative estimate of drug-likeness (QED) is 0.671. The number of nitrogens with zero attached hydrogens (tertiary/aromatic N) is 3. The van der Waals surface area contributed by atoms with Crippen molar-refractivity contribution in [3.05, 3.63) is 45.1 Å². The smallest absolute Gasteiger partial charge is 0.288 e. The van der Waals surface area contributed by atoms with E-state index in [9.17, 15) is 9.59 Å². The lowest BCUT2D eigenvalue weighted by atomic mass is 9.45. The van der Waals surface area contributed by atoms with Gasteiger partial charge in [0.25, 0.3) is 5.56 Å². The number of hydrogen-bond acceptors (Lipinski definition) is 5. The van der Waals surface area contributed by atoms with Crippen LogP contribution >= 0.6 is 23.2 Å². The third-order valence-corrected chi connectivity index (χ3v) is 7.57. The Bertz CT molecular complexity index is 1020. The van der Waals surface area contributed by atoms with Gasteiger partial charge >= 0.3 is 0 Å². The van der Waals surface area contributed by atoms with Gasteiger partial charge in [0.15, 0.2) is 0 Å². The lowest BCUT2D eigenvalue weighted by Crippen LogP contribution is -2.58. The monoisotopic (exact) mass is 449 g/mol. The number of anilines is 2. The van der Waals surface area contributed by atoms with Crippen molar-refractivity contribution in [2.24, 2.45) is 23.2 Å². The Kier molecular flexibility index (Phi) is 5.53. The molecule has 1 amide bonds. The van der Waals surface area contributed by atoms with Crippen LogP contribution in [-0.2, 0) is 11.3 Å². The van der Waals surface area contributed by atoms with Crippen LogP contribution in [0.3, 0.4) is 0 Å². The van der Waals surface area contributed by atoms with Gasteiger partial charge in [-0.2, -0.15) is 5.10 Å². The van der Waals surface area contributed by atoms with Crippen LogP contribution in [-0.4, -0.2) is 26.7 Å². The first-order valence-electron chi connectivity index (χ1n) is 10.1. The molecule has 3 saturated carbocycles. The molecule has 2 aromatic rings. The van der Waals surface area contributed by atoms with Gasteiger partial charge in [0.2, 0.25) is 5.91 Å². The second-order valence-corrected chi connectivity index (χ2v) is 9.72. The first-order valence-corrected chi connectivity index (χ1v) is 10.9. The first-order chi connectivity index (χ1) is 14.2. The Morgan fingerprint density at radius 1 is 1.27 bits per heavy atom. The Labute approximate surface area is 185 Å². The summed E-state index contributed by atoms with van der Waals surface area (Å²) in [6.45, 7) is 6.70. The molecule has 4 atom stereocenters. The van der Waals surface area contributed by atoms with Crippen LogP contribution in [0.25, 0.3) is 0 Å². The molecule has 2 aromatic heterocycles. The van der Waals surface area contributed by atoms with E-state index in [1.165, 1.54) is 18.8 Å². The molecular weight excluding hydrogens is 425 g/mol. The summed E-state index contributed by atoms with van der Waals surface area (Å²) in [6.07, 6.45) is 5.30. The number of hydrogen-bond donors (Lipinski definition) is 2. The molecule has 3 aliphatic carbocycles. The topological polar surface area (TPSA) is 88.9 Å². The first kappa shape index (κ1) is 21.1. The molecule has 5 rings (SSSR count). The van der Waals surface area contributed by atoms with Crippen LogP contribution in [0.1, 0.15) is 33.6 Å².